The molecule has 11 heteroatoms. The van der Waals surface area contributed by atoms with Crippen molar-refractivity contribution >= 4 is 20.2 Å². The van der Waals surface area contributed by atoms with Crippen molar-refractivity contribution in [1.82, 2.24) is 0 Å². The third-order valence-electron chi connectivity index (χ3n) is 4.86. The van der Waals surface area contributed by atoms with E-state index in [-0.39, 0.29) is 9.79 Å². The molecule has 0 aliphatic carbocycles. The van der Waals surface area contributed by atoms with Gasteiger partial charge in [0.15, 0.2) is 0 Å². The van der Waals surface area contributed by atoms with Crippen LogP contribution in [0.25, 0.3) is 0 Å². The first-order valence-corrected chi connectivity index (χ1v) is 12.2. The van der Waals surface area contributed by atoms with Crippen LogP contribution in [0.3, 0.4) is 0 Å². The number of benzene rings is 2. The lowest BCUT2D eigenvalue weighted by Gasteiger charge is -2.15. The van der Waals surface area contributed by atoms with E-state index in [0.717, 1.165) is 11.1 Å². The Balaban J connectivity index is 1.59. The number of hydrogen-bond acceptors (Lipinski definition) is 9. The number of ether oxygens (including phenoxy) is 1. The lowest BCUT2D eigenvalue weighted by Crippen LogP contribution is -2.36. The van der Waals surface area contributed by atoms with Crippen LogP contribution in [0, 0.1) is 13.8 Å². The molecule has 0 radical (unpaired) electrons. The van der Waals surface area contributed by atoms with Gasteiger partial charge in [-0.3, -0.25) is 8.37 Å². The predicted octanol–water partition coefficient (Wildman–Crippen LogP) is 0.903. The molecule has 4 atom stereocenters. The van der Waals surface area contributed by atoms with Gasteiger partial charge in [0.05, 0.1) is 23.0 Å². The minimum atomic E-state index is -4.10. The summed E-state index contributed by atoms with van der Waals surface area (Å²) in [5.41, 5.74) is 1.75. The van der Waals surface area contributed by atoms with Crippen molar-refractivity contribution in [2.24, 2.45) is 0 Å². The molecule has 0 aromatic heterocycles. The van der Waals surface area contributed by atoms with E-state index in [1.54, 1.807) is 24.3 Å². The maximum absolute atomic E-state index is 12.3. The molecule has 0 unspecified atom stereocenters. The molecule has 1 fully saturated rings. The van der Waals surface area contributed by atoms with Gasteiger partial charge in [-0.25, -0.2) is 0 Å². The zero-order valence-corrected chi connectivity index (χ0v) is 18.5. The van der Waals surface area contributed by atoms with Crippen LogP contribution in [0.5, 0.6) is 0 Å². The minimum absolute atomic E-state index is 0.0600. The molecule has 0 spiro atoms. The van der Waals surface area contributed by atoms with Crippen molar-refractivity contribution in [2.45, 2.75) is 48.1 Å². The normalized spacial score (nSPS) is 24.4. The van der Waals surface area contributed by atoms with Crippen LogP contribution < -0.4 is 0 Å². The molecule has 170 valence electrons. The first-order chi connectivity index (χ1) is 14.5. The van der Waals surface area contributed by atoms with Gasteiger partial charge in [0.25, 0.3) is 20.2 Å². The molecule has 1 heterocycles. The number of aliphatic hydroxyl groups excluding tert-OH is 2. The van der Waals surface area contributed by atoms with E-state index in [1.165, 1.54) is 24.3 Å². The zero-order chi connectivity index (χ0) is 22.8. The van der Waals surface area contributed by atoms with Crippen LogP contribution in [0.2, 0.25) is 0 Å². The van der Waals surface area contributed by atoms with Crippen molar-refractivity contribution in [1.29, 1.82) is 0 Å². The van der Waals surface area contributed by atoms with E-state index in [0.29, 0.717) is 0 Å². The fourth-order valence-corrected chi connectivity index (χ4v) is 4.80. The van der Waals surface area contributed by atoms with E-state index >= 15 is 0 Å². The number of aryl methyl sites for hydroxylation is 2. The quantitative estimate of drug-likeness (QED) is 0.537. The molecule has 1 aliphatic heterocycles. The van der Waals surface area contributed by atoms with Gasteiger partial charge in [0.1, 0.15) is 24.4 Å². The SMILES string of the molecule is Cc1ccc(S(=O)(=O)OC[C@H]2O[C@H](COS(=O)(=O)c3ccc(C)cc3)[C@@H](O)[C@@H]2O)cc1. The van der Waals surface area contributed by atoms with Gasteiger partial charge in [-0.2, -0.15) is 16.8 Å². The highest BCUT2D eigenvalue weighted by Crippen LogP contribution is 2.25. The molecule has 0 bridgehead atoms. The van der Waals surface area contributed by atoms with E-state index in [9.17, 15) is 27.0 Å². The van der Waals surface area contributed by atoms with Crippen LogP contribution in [0.15, 0.2) is 58.3 Å². The fraction of sp³-hybridized carbons (Fsp3) is 0.400. The van der Waals surface area contributed by atoms with E-state index in [4.69, 9.17) is 13.1 Å². The van der Waals surface area contributed by atoms with Gasteiger partial charge < -0.3 is 14.9 Å². The summed E-state index contributed by atoms with van der Waals surface area (Å²) in [4.78, 5) is -0.120. The molecular formula is C20H24O9S2. The summed E-state index contributed by atoms with van der Waals surface area (Å²) in [6, 6.07) is 12.0. The standard InChI is InChI=1S/C20H24O9S2/c1-13-3-7-15(8-4-13)30(23,24)27-11-17-19(21)20(22)18(29-17)12-28-31(25,26)16-9-5-14(2)6-10-16/h3-10,17-22H,11-12H2,1-2H3/t17-,18-,19-,20-/m1/s1. The lowest BCUT2D eigenvalue weighted by atomic mass is 10.1. The van der Waals surface area contributed by atoms with E-state index in [1.807, 2.05) is 13.8 Å². The molecule has 2 N–H and O–H groups in total. The molecule has 3 rings (SSSR count). The fourth-order valence-electron chi connectivity index (χ4n) is 2.96. The summed E-state index contributed by atoms with van der Waals surface area (Å²) in [5, 5.41) is 20.3. The first kappa shape index (κ1) is 23.8. The molecule has 2 aromatic rings. The maximum Gasteiger partial charge on any atom is 0.297 e. The van der Waals surface area contributed by atoms with Crippen LogP contribution >= 0.6 is 0 Å². The lowest BCUT2D eigenvalue weighted by molar-refractivity contribution is -0.0293. The Hall–Kier alpha value is -1.86. The second-order valence-corrected chi connectivity index (χ2v) is 10.5. The topological polar surface area (TPSA) is 136 Å². The minimum Gasteiger partial charge on any atom is -0.388 e. The summed E-state index contributed by atoms with van der Waals surface area (Å²) < 4.78 is 64.4. The second-order valence-electron chi connectivity index (χ2n) is 7.30. The highest BCUT2D eigenvalue weighted by atomic mass is 32.2. The maximum atomic E-state index is 12.3. The Morgan fingerprint density at radius 3 is 1.35 bits per heavy atom. The molecule has 0 saturated carbocycles. The molecule has 1 aliphatic rings. The third-order valence-corrected chi connectivity index (χ3v) is 7.45. The monoisotopic (exact) mass is 472 g/mol. The number of hydrogen-bond donors (Lipinski definition) is 2. The van der Waals surface area contributed by atoms with Crippen molar-refractivity contribution in [3.63, 3.8) is 0 Å². The average molecular weight is 473 g/mol. The highest BCUT2D eigenvalue weighted by molar-refractivity contribution is 7.87. The van der Waals surface area contributed by atoms with Gasteiger partial charge in [-0.05, 0) is 38.1 Å². The Morgan fingerprint density at radius 2 is 1.03 bits per heavy atom. The van der Waals surface area contributed by atoms with Crippen LogP contribution in [0.4, 0.5) is 0 Å². The molecule has 2 aromatic carbocycles. The predicted molar refractivity (Wildman–Crippen MR) is 109 cm³/mol. The average Bonchev–Trinajstić information content (AvgIpc) is 2.99. The molecule has 31 heavy (non-hydrogen) atoms. The molecule has 9 nitrogen and oxygen atoms in total. The smallest absolute Gasteiger partial charge is 0.297 e. The number of aliphatic hydroxyl groups is 2. The summed E-state index contributed by atoms with van der Waals surface area (Å²) in [6.07, 6.45) is -5.34. The second kappa shape index (κ2) is 9.33. The summed E-state index contributed by atoms with van der Waals surface area (Å²) in [6.45, 7) is 2.50. The van der Waals surface area contributed by atoms with Crippen LogP contribution in [0.1, 0.15) is 11.1 Å². The molecule has 0 amide bonds. The Kier molecular flexibility index (Phi) is 7.16. The van der Waals surface area contributed by atoms with Gasteiger partial charge in [0.2, 0.25) is 0 Å². The largest absolute Gasteiger partial charge is 0.388 e. The van der Waals surface area contributed by atoms with Gasteiger partial charge in [-0.15, -0.1) is 0 Å². The Bertz CT molecular complexity index is 1000. The van der Waals surface area contributed by atoms with Gasteiger partial charge in [0, 0.05) is 0 Å². The van der Waals surface area contributed by atoms with Crippen molar-refractivity contribution in [3.05, 3.63) is 59.7 Å². The van der Waals surface area contributed by atoms with Gasteiger partial charge in [-0.1, -0.05) is 35.4 Å². The van der Waals surface area contributed by atoms with E-state index in [2.05, 4.69) is 0 Å². The summed E-state index contributed by atoms with van der Waals surface area (Å²) in [5.74, 6) is 0. The Labute approximate surface area is 181 Å². The zero-order valence-electron chi connectivity index (χ0n) is 16.9. The summed E-state index contributed by atoms with van der Waals surface area (Å²) in [7, 11) is -8.20. The van der Waals surface area contributed by atoms with Gasteiger partial charge >= 0.3 is 0 Å². The third kappa shape index (κ3) is 5.69. The first-order valence-electron chi connectivity index (χ1n) is 9.43. The molecule has 1 saturated heterocycles. The number of rotatable bonds is 8. The van der Waals surface area contributed by atoms with Crippen molar-refractivity contribution in [3.8, 4) is 0 Å². The van der Waals surface area contributed by atoms with Crippen molar-refractivity contribution < 1.29 is 40.2 Å². The van der Waals surface area contributed by atoms with Crippen LogP contribution in [-0.2, 0) is 33.3 Å². The highest BCUT2D eigenvalue weighted by Gasteiger charge is 2.44. The Morgan fingerprint density at radius 1 is 0.710 bits per heavy atom. The van der Waals surface area contributed by atoms with E-state index < -0.39 is 57.9 Å². The molecular weight excluding hydrogens is 448 g/mol. The summed E-state index contributed by atoms with van der Waals surface area (Å²) >= 11 is 0. The van der Waals surface area contributed by atoms with Crippen LogP contribution in [-0.4, -0.2) is 64.7 Å². The van der Waals surface area contributed by atoms with Crippen molar-refractivity contribution in [2.75, 3.05) is 13.2 Å².